The highest BCUT2D eigenvalue weighted by Crippen LogP contribution is 2.39. The number of hydrogen-bond acceptors (Lipinski definition) is 3. The van der Waals surface area contributed by atoms with Crippen molar-refractivity contribution in [2.24, 2.45) is 0 Å². The van der Waals surface area contributed by atoms with E-state index in [1.165, 1.54) is 0 Å². The number of ether oxygens (including phenoxy) is 1. The number of rotatable bonds is 3. The summed E-state index contributed by atoms with van der Waals surface area (Å²) in [6.45, 7) is 11.7. The van der Waals surface area contributed by atoms with Crippen molar-refractivity contribution in [2.45, 2.75) is 47.0 Å². The first-order valence-corrected chi connectivity index (χ1v) is 8.43. The summed E-state index contributed by atoms with van der Waals surface area (Å²) in [6, 6.07) is 11.3. The van der Waals surface area contributed by atoms with E-state index in [9.17, 15) is 9.90 Å². The molecule has 0 spiro atoms. The van der Waals surface area contributed by atoms with Crippen LogP contribution in [0.2, 0.25) is 0 Å². The van der Waals surface area contributed by atoms with Crippen LogP contribution < -0.4 is 4.74 Å². The maximum Gasteiger partial charge on any atom is 0.343 e. The Hall–Kier alpha value is -2.55. The first-order valence-electron chi connectivity index (χ1n) is 8.43. The van der Waals surface area contributed by atoms with Gasteiger partial charge in [-0.15, -0.1) is 0 Å². The van der Waals surface area contributed by atoms with Crippen LogP contribution in [-0.2, 0) is 10.2 Å². The summed E-state index contributed by atoms with van der Waals surface area (Å²) in [7, 11) is 0. The number of phenolic OH excluding ortho intramolecular Hbond substituents is 1. The number of carbonyl (C=O) groups excluding carboxylic acids is 1. The lowest BCUT2D eigenvalue weighted by Crippen LogP contribution is -2.14. The van der Waals surface area contributed by atoms with Gasteiger partial charge < -0.3 is 9.84 Å². The molecule has 2 rings (SSSR count). The predicted molar refractivity (Wildman–Crippen MR) is 102 cm³/mol. The third-order valence-corrected chi connectivity index (χ3v) is 4.10. The molecule has 0 amide bonds. The summed E-state index contributed by atoms with van der Waals surface area (Å²) in [4.78, 5) is 12.7. The van der Waals surface area contributed by atoms with Gasteiger partial charge in [0.2, 0.25) is 0 Å². The molecule has 0 aliphatic carbocycles. The highest BCUT2D eigenvalue weighted by atomic mass is 16.5. The number of carbonyl (C=O) groups is 1. The van der Waals surface area contributed by atoms with Crippen LogP contribution in [0.15, 0.2) is 42.5 Å². The van der Waals surface area contributed by atoms with Crippen molar-refractivity contribution in [3.63, 3.8) is 0 Å². The highest BCUT2D eigenvalue weighted by Gasteiger charge is 2.23. The van der Waals surface area contributed by atoms with E-state index in [2.05, 4.69) is 0 Å². The van der Waals surface area contributed by atoms with Gasteiger partial charge in [-0.05, 0) is 43.4 Å². The summed E-state index contributed by atoms with van der Waals surface area (Å²) >= 11 is 0. The number of aromatic hydroxyl groups is 1. The van der Waals surface area contributed by atoms with Crippen LogP contribution in [-0.4, -0.2) is 11.1 Å². The van der Waals surface area contributed by atoms with Gasteiger partial charge in [0, 0.05) is 5.56 Å². The van der Waals surface area contributed by atoms with Crippen molar-refractivity contribution in [3.8, 4) is 11.5 Å². The van der Waals surface area contributed by atoms with Gasteiger partial charge >= 0.3 is 5.97 Å². The van der Waals surface area contributed by atoms with Crippen LogP contribution in [0.25, 0.3) is 5.57 Å². The second-order valence-electron chi connectivity index (χ2n) is 7.37. The van der Waals surface area contributed by atoms with E-state index in [-0.39, 0.29) is 16.9 Å². The molecule has 0 atom stereocenters. The molecule has 132 valence electrons. The molecule has 0 bridgehead atoms. The van der Waals surface area contributed by atoms with Crippen LogP contribution in [0.3, 0.4) is 0 Å². The van der Waals surface area contributed by atoms with Gasteiger partial charge in [0.1, 0.15) is 0 Å². The average molecular weight is 338 g/mol. The zero-order chi connectivity index (χ0) is 18.8. The summed E-state index contributed by atoms with van der Waals surface area (Å²) in [5, 5.41) is 10.6. The summed E-state index contributed by atoms with van der Waals surface area (Å²) < 4.78 is 5.54. The Balaban J connectivity index is 2.37. The number of phenols is 1. The largest absolute Gasteiger partial charge is 0.504 e. The number of allylic oxidation sites excluding steroid dienone is 1. The SMILES string of the molecule is CC=C(C(=O)Oc1cc(C)cc(C(C)(C)C)c1O)c1ccc(C)cc1. The average Bonchev–Trinajstić information content (AvgIpc) is 2.52. The van der Waals surface area contributed by atoms with Crippen LogP contribution in [0.5, 0.6) is 11.5 Å². The van der Waals surface area contributed by atoms with Crippen molar-refractivity contribution in [1.82, 2.24) is 0 Å². The predicted octanol–water partition coefficient (Wildman–Crippen LogP) is 5.32. The van der Waals surface area contributed by atoms with Crippen LogP contribution in [0, 0.1) is 13.8 Å². The summed E-state index contributed by atoms with van der Waals surface area (Å²) in [5.41, 5.74) is 3.83. The Morgan fingerprint density at radius 1 is 1.04 bits per heavy atom. The van der Waals surface area contributed by atoms with Crippen LogP contribution in [0.1, 0.15) is 49.9 Å². The molecule has 0 aliphatic heterocycles. The van der Waals surface area contributed by atoms with Gasteiger partial charge in [0.15, 0.2) is 11.5 Å². The lowest BCUT2D eigenvalue weighted by molar-refractivity contribution is -0.128. The van der Waals surface area contributed by atoms with Crippen LogP contribution >= 0.6 is 0 Å². The highest BCUT2D eigenvalue weighted by molar-refractivity contribution is 6.17. The van der Waals surface area contributed by atoms with Gasteiger partial charge in [0.05, 0.1) is 5.57 Å². The van der Waals surface area contributed by atoms with Crippen molar-refractivity contribution in [1.29, 1.82) is 0 Å². The van der Waals surface area contributed by atoms with E-state index in [1.807, 2.05) is 65.0 Å². The van der Waals surface area contributed by atoms with Crippen molar-refractivity contribution >= 4 is 11.5 Å². The van der Waals surface area contributed by atoms with Gasteiger partial charge in [-0.1, -0.05) is 62.7 Å². The van der Waals surface area contributed by atoms with Gasteiger partial charge in [-0.3, -0.25) is 0 Å². The first-order chi connectivity index (χ1) is 11.6. The van der Waals surface area contributed by atoms with E-state index in [1.54, 1.807) is 19.1 Å². The molecule has 0 unspecified atom stereocenters. The molecule has 25 heavy (non-hydrogen) atoms. The Morgan fingerprint density at radius 3 is 2.16 bits per heavy atom. The van der Waals surface area contributed by atoms with Gasteiger partial charge in [-0.2, -0.15) is 0 Å². The molecule has 0 aliphatic rings. The van der Waals surface area contributed by atoms with Crippen molar-refractivity contribution in [2.75, 3.05) is 0 Å². The number of aryl methyl sites for hydroxylation is 2. The molecule has 0 saturated heterocycles. The van der Waals surface area contributed by atoms with E-state index < -0.39 is 5.97 Å². The van der Waals surface area contributed by atoms with Crippen molar-refractivity contribution in [3.05, 3.63) is 64.7 Å². The number of hydrogen-bond donors (Lipinski definition) is 1. The summed E-state index contributed by atoms with van der Waals surface area (Å²) in [5.74, 6) is -0.265. The molecule has 0 fully saturated rings. The van der Waals surface area contributed by atoms with Gasteiger partial charge in [0.25, 0.3) is 0 Å². The standard InChI is InChI=1S/C22H26O3/c1-7-17(16-10-8-14(2)9-11-16)21(24)25-19-13-15(3)12-18(20(19)23)22(4,5)6/h7-13,23H,1-6H3. The molecule has 3 heteroatoms. The molecule has 2 aromatic carbocycles. The minimum Gasteiger partial charge on any atom is -0.504 e. The number of benzene rings is 2. The van der Waals surface area contributed by atoms with E-state index in [0.29, 0.717) is 5.57 Å². The molecule has 3 nitrogen and oxygen atoms in total. The zero-order valence-corrected chi connectivity index (χ0v) is 15.8. The fourth-order valence-corrected chi connectivity index (χ4v) is 2.69. The quantitative estimate of drug-likeness (QED) is 0.468. The Morgan fingerprint density at radius 2 is 1.64 bits per heavy atom. The normalized spacial score (nSPS) is 12.2. The lowest BCUT2D eigenvalue weighted by Gasteiger charge is -2.22. The Bertz CT molecular complexity index is 806. The topological polar surface area (TPSA) is 46.5 Å². The molecule has 0 radical (unpaired) electrons. The third-order valence-electron chi connectivity index (χ3n) is 4.10. The van der Waals surface area contributed by atoms with E-state index in [0.717, 1.165) is 22.3 Å². The van der Waals surface area contributed by atoms with Crippen molar-refractivity contribution < 1.29 is 14.6 Å². The third kappa shape index (κ3) is 4.30. The van der Waals surface area contributed by atoms with Gasteiger partial charge in [-0.25, -0.2) is 4.79 Å². The minimum atomic E-state index is -0.480. The molecule has 0 heterocycles. The molecule has 2 aromatic rings. The fourth-order valence-electron chi connectivity index (χ4n) is 2.69. The minimum absolute atomic E-state index is 0.0193. The lowest BCUT2D eigenvalue weighted by atomic mass is 9.85. The van der Waals surface area contributed by atoms with Crippen LogP contribution in [0.4, 0.5) is 0 Å². The van der Waals surface area contributed by atoms with E-state index >= 15 is 0 Å². The fraction of sp³-hybridized carbons (Fsp3) is 0.318. The number of esters is 1. The maximum absolute atomic E-state index is 12.7. The second kappa shape index (κ2) is 7.14. The molecule has 0 saturated carbocycles. The second-order valence-corrected chi connectivity index (χ2v) is 7.37. The first kappa shape index (κ1) is 18.8. The zero-order valence-electron chi connectivity index (χ0n) is 15.8. The molecule has 1 N–H and O–H groups in total. The monoisotopic (exact) mass is 338 g/mol. The maximum atomic E-state index is 12.7. The molecular formula is C22H26O3. The Kier molecular flexibility index (Phi) is 5.36. The molecule has 0 aromatic heterocycles. The summed E-state index contributed by atoms with van der Waals surface area (Å²) in [6.07, 6.45) is 1.73. The molecular weight excluding hydrogens is 312 g/mol. The smallest absolute Gasteiger partial charge is 0.343 e. The van der Waals surface area contributed by atoms with E-state index in [4.69, 9.17) is 4.74 Å². The Labute approximate surface area is 150 Å².